The first-order valence-electron chi connectivity index (χ1n) is 4.91. The Labute approximate surface area is 107 Å². The Morgan fingerprint density at radius 3 is 2.61 bits per heavy atom. The summed E-state index contributed by atoms with van der Waals surface area (Å²) in [4.78, 5) is 10.5. The molecule has 0 saturated heterocycles. The van der Waals surface area contributed by atoms with E-state index in [-0.39, 0.29) is 12.5 Å². The van der Waals surface area contributed by atoms with Gasteiger partial charge in [-0.3, -0.25) is 4.79 Å². The lowest BCUT2D eigenvalue weighted by molar-refractivity contribution is -0.137. The lowest BCUT2D eigenvalue weighted by Crippen LogP contribution is -2.19. The molecule has 1 aromatic rings. The molecule has 0 aliphatic heterocycles. The number of carbonyl (C=O) groups is 1. The maximum Gasteiger partial charge on any atom is 0.417 e. The van der Waals surface area contributed by atoms with Crippen LogP contribution in [0.2, 0.25) is 5.02 Å². The van der Waals surface area contributed by atoms with Crippen molar-refractivity contribution in [3.05, 3.63) is 34.3 Å². The van der Waals surface area contributed by atoms with E-state index in [0.717, 1.165) is 12.1 Å². The molecule has 6 heteroatoms. The molecule has 0 bridgehead atoms. The number of amides is 1. The van der Waals surface area contributed by atoms with Crippen LogP contribution in [0.1, 0.15) is 18.1 Å². The van der Waals surface area contributed by atoms with Crippen LogP contribution in [0.15, 0.2) is 18.2 Å². The van der Waals surface area contributed by atoms with Crippen LogP contribution in [0.3, 0.4) is 0 Å². The molecule has 0 unspecified atom stereocenters. The molecule has 1 amide bonds. The smallest absolute Gasteiger partial charge is 0.345 e. The van der Waals surface area contributed by atoms with Gasteiger partial charge < -0.3 is 5.32 Å². The van der Waals surface area contributed by atoms with Crippen LogP contribution >= 0.6 is 11.6 Å². The second-order valence-electron chi connectivity index (χ2n) is 3.40. The van der Waals surface area contributed by atoms with E-state index in [0.29, 0.717) is 5.56 Å². The number of benzene rings is 1. The number of alkyl halides is 3. The molecular weight excluding hydrogens is 267 g/mol. The maximum atomic E-state index is 12.4. The van der Waals surface area contributed by atoms with Gasteiger partial charge in [0.1, 0.15) is 0 Å². The molecular formula is C12H9ClF3NO. The summed E-state index contributed by atoms with van der Waals surface area (Å²) in [5.74, 6) is 4.97. The predicted octanol–water partition coefficient (Wildman–Crippen LogP) is 2.85. The average molecular weight is 276 g/mol. The highest BCUT2D eigenvalue weighted by molar-refractivity contribution is 6.31. The summed E-state index contributed by atoms with van der Waals surface area (Å²) in [6.07, 6.45) is -4.47. The fourth-order valence-electron chi connectivity index (χ4n) is 1.14. The minimum absolute atomic E-state index is 0.133. The molecule has 0 aliphatic carbocycles. The fourth-order valence-corrected chi connectivity index (χ4v) is 1.43. The number of halogens is 4. The monoisotopic (exact) mass is 275 g/mol. The summed E-state index contributed by atoms with van der Waals surface area (Å²) in [7, 11) is 0. The van der Waals surface area contributed by atoms with Crippen LogP contribution in [0.4, 0.5) is 13.2 Å². The molecule has 96 valence electrons. The summed E-state index contributed by atoms with van der Waals surface area (Å²) in [6, 6.07) is 3.26. The van der Waals surface area contributed by atoms with Crippen LogP contribution in [-0.4, -0.2) is 12.5 Å². The Morgan fingerprint density at radius 2 is 2.11 bits per heavy atom. The molecule has 18 heavy (non-hydrogen) atoms. The number of hydrogen-bond acceptors (Lipinski definition) is 1. The number of hydrogen-bond donors (Lipinski definition) is 1. The van der Waals surface area contributed by atoms with Gasteiger partial charge in [-0.05, 0) is 18.2 Å². The van der Waals surface area contributed by atoms with Gasteiger partial charge in [0.05, 0.1) is 17.1 Å². The first-order valence-corrected chi connectivity index (χ1v) is 5.28. The molecule has 1 rings (SSSR count). The SMILES string of the molecule is CC(=O)NCC#Cc1ccc(C(F)(F)F)c(Cl)c1. The lowest BCUT2D eigenvalue weighted by Gasteiger charge is -2.08. The number of nitrogens with one attached hydrogen (secondary N) is 1. The lowest BCUT2D eigenvalue weighted by atomic mass is 10.1. The van der Waals surface area contributed by atoms with Crippen LogP contribution in [-0.2, 0) is 11.0 Å². The predicted molar refractivity (Wildman–Crippen MR) is 62.0 cm³/mol. The van der Waals surface area contributed by atoms with Crippen molar-refractivity contribution in [1.82, 2.24) is 5.32 Å². The minimum atomic E-state index is -4.47. The topological polar surface area (TPSA) is 29.1 Å². The van der Waals surface area contributed by atoms with Gasteiger partial charge in [0.15, 0.2) is 0 Å². The number of carbonyl (C=O) groups excluding carboxylic acids is 1. The van der Waals surface area contributed by atoms with E-state index in [1.165, 1.54) is 13.0 Å². The third-order valence-electron chi connectivity index (χ3n) is 1.93. The Balaban J connectivity index is 2.82. The summed E-state index contributed by atoms with van der Waals surface area (Å²) >= 11 is 5.52. The van der Waals surface area contributed by atoms with E-state index in [4.69, 9.17) is 11.6 Å². The highest BCUT2D eigenvalue weighted by Crippen LogP contribution is 2.34. The van der Waals surface area contributed by atoms with Gasteiger partial charge in [0, 0.05) is 12.5 Å². The molecule has 0 aromatic heterocycles. The van der Waals surface area contributed by atoms with Crippen molar-refractivity contribution >= 4 is 17.5 Å². The van der Waals surface area contributed by atoms with Crippen molar-refractivity contribution in [3.8, 4) is 11.8 Å². The van der Waals surface area contributed by atoms with Crippen molar-refractivity contribution in [2.24, 2.45) is 0 Å². The van der Waals surface area contributed by atoms with Crippen molar-refractivity contribution in [3.63, 3.8) is 0 Å². The largest absolute Gasteiger partial charge is 0.417 e. The molecule has 0 atom stereocenters. The normalized spacial score (nSPS) is 10.5. The Kier molecular flexibility index (Phi) is 4.62. The van der Waals surface area contributed by atoms with Crippen molar-refractivity contribution in [2.75, 3.05) is 6.54 Å². The molecule has 0 saturated carbocycles. The molecule has 0 heterocycles. The van der Waals surface area contributed by atoms with Crippen LogP contribution in [0.25, 0.3) is 0 Å². The van der Waals surface area contributed by atoms with Gasteiger partial charge >= 0.3 is 6.18 Å². The van der Waals surface area contributed by atoms with Gasteiger partial charge in [-0.1, -0.05) is 23.4 Å². The van der Waals surface area contributed by atoms with Gasteiger partial charge in [0.2, 0.25) is 5.91 Å². The summed E-state index contributed by atoms with van der Waals surface area (Å²) in [5, 5.41) is 2.05. The second kappa shape index (κ2) is 5.78. The third kappa shape index (κ3) is 4.30. The second-order valence-corrected chi connectivity index (χ2v) is 3.81. The van der Waals surface area contributed by atoms with Crippen molar-refractivity contribution < 1.29 is 18.0 Å². The third-order valence-corrected chi connectivity index (χ3v) is 2.25. The average Bonchev–Trinajstić information content (AvgIpc) is 2.22. The van der Waals surface area contributed by atoms with E-state index in [1.54, 1.807) is 0 Å². The Bertz CT molecular complexity index is 514. The summed E-state index contributed by atoms with van der Waals surface area (Å²) in [6.45, 7) is 1.48. The summed E-state index contributed by atoms with van der Waals surface area (Å²) < 4.78 is 37.2. The minimum Gasteiger partial charge on any atom is -0.345 e. The van der Waals surface area contributed by atoms with Gasteiger partial charge in [0.25, 0.3) is 0 Å². The zero-order chi connectivity index (χ0) is 13.8. The van der Waals surface area contributed by atoms with Crippen molar-refractivity contribution in [2.45, 2.75) is 13.1 Å². The first kappa shape index (κ1) is 14.4. The van der Waals surface area contributed by atoms with Crippen LogP contribution in [0.5, 0.6) is 0 Å². The highest BCUT2D eigenvalue weighted by Gasteiger charge is 2.32. The van der Waals surface area contributed by atoms with E-state index < -0.39 is 16.8 Å². The van der Waals surface area contributed by atoms with Gasteiger partial charge in [-0.2, -0.15) is 13.2 Å². The zero-order valence-corrected chi connectivity index (χ0v) is 10.1. The Hall–Kier alpha value is -1.67. The molecule has 0 aliphatic rings. The molecule has 2 nitrogen and oxygen atoms in total. The van der Waals surface area contributed by atoms with E-state index >= 15 is 0 Å². The standard InChI is InChI=1S/C12H9ClF3NO/c1-8(18)17-6-2-3-9-4-5-10(11(13)7-9)12(14,15)16/h4-5,7H,6H2,1H3,(H,17,18). The molecule has 0 fully saturated rings. The van der Waals surface area contributed by atoms with Crippen molar-refractivity contribution in [1.29, 1.82) is 0 Å². The highest BCUT2D eigenvalue weighted by atomic mass is 35.5. The van der Waals surface area contributed by atoms with E-state index in [2.05, 4.69) is 17.2 Å². The molecule has 0 spiro atoms. The number of rotatable bonds is 1. The van der Waals surface area contributed by atoms with E-state index in [9.17, 15) is 18.0 Å². The molecule has 1 aromatic carbocycles. The molecule has 0 radical (unpaired) electrons. The quantitative estimate of drug-likeness (QED) is 0.785. The van der Waals surface area contributed by atoms with Gasteiger partial charge in [-0.15, -0.1) is 0 Å². The van der Waals surface area contributed by atoms with E-state index in [1.807, 2.05) is 0 Å². The zero-order valence-electron chi connectivity index (χ0n) is 9.36. The van der Waals surface area contributed by atoms with Gasteiger partial charge in [-0.25, -0.2) is 0 Å². The fraction of sp³-hybridized carbons (Fsp3) is 0.250. The Morgan fingerprint density at radius 1 is 1.44 bits per heavy atom. The molecule has 1 N–H and O–H groups in total. The first-order chi connectivity index (χ1) is 8.30. The van der Waals surface area contributed by atoms with Crippen LogP contribution in [0, 0.1) is 11.8 Å². The maximum absolute atomic E-state index is 12.4. The van der Waals surface area contributed by atoms with Crippen LogP contribution < -0.4 is 5.32 Å². The summed E-state index contributed by atoms with van der Waals surface area (Å²) in [5.41, 5.74) is -0.532.